The molecule has 0 unspecified atom stereocenters. The number of anilines is 2. The quantitative estimate of drug-likeness (QED) is 0.933. The van der Waals surface area contributed by atoms with E-state index in [-0.39, 0.29) is 5.91 Å². The smallest absolute Gasteiger partial charge is 0.257 e. The van der Waals surface area contributed by atoms with Crippen molar-refractivity contribution in [2.75, 3.05) is 23.3 Å². The zero-order chi connectivity index (χ0) is 13.1. The average Bonchev–Trinajstić information content (AvgIpc) is 3.10. The van der Waals surface area contributed by atoms with Crippen LogP contribution in [0.1, 0.15) is 23.2 Å². The molecule has 6 heteroatoms. The third-order valence-corrected chi connectivity index (χ3v) is 4.05. The second-order valence-corrected chi connectivity index (χ2v) is 5.40. The minimum absolute atomic E-state index is 0.148. The van der Waals surface area contributed by atoms with Crippen molar-refractivity contribution in [1.29, 1.82) is 0 Å². The highest BCUT2D eigenvalue weighted by molar-refractivity contribution is 7.19. The highest BCUT2D eigenvalue weighted by Gasteiger charge is 2.16. The molecule has 5 nitrogen and oxygen atoms in total. The predicted octanol–water partition coefficient (Wildman–Crippen LogP) is 2.39. The van der Waals surface area contributed by atoms with Crippen LogP contribution in [0, 0.1) is 0 Å². The van der Waals surface area contributed by atoms with E-state index in [4.69, 9.17) is 0 Å². The number of hydrogen-bond acceptors (Lipinski definition) is 5. The summed E-state index contributed by atoms with van der Waals surface area (Å²) in [6.07, 6.45) is 7.50. The summed E-state index contributed by atoms with van der Waals surface area (Å²) in [6, 6.07) is 3.37. The summed E-state index contributed by atoms with van der Waals surface area (Å²) in [4.78, 5) is 22.4. The summed E-state index contributed by atoms with van der Waals surface area (Å²) in [6.45, 7) is 2.17. The highest BCUT2D eigenvalue weighted by atomic mass is 32.1. The van der Waals surface area contributed by atoms with Gasteiger partial charge in [0.25, 0.3) is 5.91 Å². The highest BCUT2D eigenvalue weighted by Crippen LogP contribution is 2.29. The standard InChI is InChI=1S/C13H14N4OS/c18-12(10-3-5-14-6-4-10)16-13-15-9-11(19-13)17-7-1-2-8-17/h3-6,9H,1-2,7-8H2,(H,15,16,18). The van der Waals surface area contributed by atoms with Gasteiger partial charge in [-0.05, 0) is 25.0 Å². The van der Waals surface area contributed by atoms with E-state index in [1.807, 2.05) is 6.20 Å². The molecule has 2 aromatic rings. The molecule has 1 amide bonds. The van der Waals surface area contributed by atoms with Crippen LogP contribution in [0.5, 0.6) is 0 Å². The number of nitrogens with one attached hydrogen (secondary N) is 1. The molecule has 0 aliphatic carbocycles. The molecule has 0 atom stereocenters. The van der Waals surface area contributed by atoms with E-state index < -0.39 is 0 Å². The lowest BCUT2D eigenvalue weighted by Crippen LogP contribution is -2.15. The Morgan fingerprint density at radius 2 is 2.00 bits per heavy atom. The number of thiazole rings is 1. The summed E-state index contributed by atoms with van der Waals surface area (Å²) >= 11 is 1.52. The van der Waals surface area contributed by atoms with Gasteiger partial charge in [0.05, 0.1) is 6.20 Å². The molecular formula is C13H14N4OS. The zero-order valence-corrected chi connectivity index (χ0v) is 11.2. The Kier molecular flexibility index (Phi) is 3.41. The number of carbonyl (C=O) groups is 1. The van der Waals surface area contributed by atoms with Gasteiger partial charge in [0.2, 0.25) is 0 Å². The Hall–Kier alpha value is -1.95. The molecule has 0 radical (unpaired) electrons. The average molecular weight is 274 g/mol. The van der Waals surface area contributed by atoms with E-state index in [9.17, 15) is 4.79 Å². The molecule has 2 aromatic heterocycles. The third-order valence-electron chi connectivity index (χ3n) is 3.07. The van der Waals surface area contributed by atoms with Crippen LogP contribution in [-0.4, -0.2) is 29.0 Å². The Morgan fingerprint density at radius 3 is 2.74 bits per heavy atom. The first-order chi connectivity index (χ1) is 9.33. The number of nitrogens with zero attached hydrogens (tertiary/aromatic N) is 3. The largest absolute Gasteiger partial charge is 0.362 e. The number of amides is 1. The topological polar surface area (TPSA) is 58.1 Å². The summed E-state index contributed by atoms with van der Waals surface area (Å²) in [5.74, 6) is -0.148. The van der Waals surface area contributed by atoms with Gasteiger partial charge in [-0.15, -0.1) is 0 Å². The van der Waals surface area contributed by atoms with Gasteiger partial charge in [-0.2, -0.15) is 0 Å². The molecule has 0 saturated carbocycles. The van der Waals surface area contributed by atoms with Crippen LogP contribution < -0.4 is 10.2 Å². The monoisotopic (exact) mass is 274 g/mol. The lowest BCUT2D eigenvalue weighted by molar-refractivity contribution is 0.102. The number of carbonyl (C=O) groups excluding carboxylic acids is 1. The van der Waals surface area contributed by atoms with Crippen LogP contribution in [-0.2, 0) is 0 Å². The number of hydrogen-bond donors (Lipinski definition) is 1. The van der Waals surface area contributed by atoms with Crippen molar-refractivity contribution in [3.05, 3.63) is 36.3 Å². The lowest BCUT2D eigenvalue weighted by atomic mass is 10.2. The first-order valence-corrected chi connectivity index (χ1v) is 7.07. The maximum atomic E-state index is 12.0. The molecule has 0 bridgehead atoms. The van der Waals surface area contributed by atoms with E-state index >= 15 is 0 Å². The summed E-state index contributed by atoms with van der Waals surface area (Å²) in [5, 5.41) is 4.59. The molecular weight excluding hydrogens is 260 g/mol. The van der Waals surface area contributed by atoms with Gasteiger partial charge in [0.15, 0.2) is 5.13 Å². The Morgan fingerprint density at radius 1 is 1.26 bits per heavy atom. The molecule has 1 aliphatic heterocycles. The predicted molar refractivity (Wildman–Crippen MR) is 75.8 cm³/mol. The van der Waals surface area contributed by atoms with E-state index in [1.54, 1.807) is 24.5 Å². The summed E-state index contributed by atoms with van der Waals surface area (Å²) < 4.78 is 0. The first-order valence-electron chi connectivity index (χ1n) is 6.25. The van der Waals surface area contributed by atoms with Gasteiger partial charge in [0, 0.05) is 31.0 Å². The van der Waals surface area contributed by atoms with Crippen LogP contribution in [0.4, 0.5) is 10.1 Å². The van der Waals surface area contributed by atoms with Crippen LogP contribution >= 0.6 is 11.3 Å². The van der Waals surface area contributed by atoms with Gasteiger partial charge in [-0.3, -0.25) is 15.1 Å². The number of aromatic nitrogens is 2. The molecule has 3 heterocycles. The van der Waals surface area contributed by atoms with E-state index in [2.05, 4.69) is 20.2 Å². The van der Waals surface area contributed by atoms with Gasteiger partial charge in [-0.25, -0.2) is 4.98 Å². The fourth-order valence-corrected chi connectivity index (χ4v) is 2.94. The Balaban J connectivity index is 1.68. The second-order valence-electron chi connectivity index (χ2n) is 4.39. The molecule has 1 saturated heterocycles. The van der Waals surface area contributed by atoms with E-state index in [0.717, 1.165) is 18.1 Å². The van der Waals surface area contributed by atoms with E-state index in [0.29, 0.717) is 10.7 Å². The van der Waals surface area contributed by atoms with Crippen molar-refractivity contribution in [1.82, 2.24) is 9.97 Å². The fraction of sp³-hybridized carbons (Fsp3) is 0.308. The summed E-state index contributed by atoms with van der Waals surface area (Å²) in [7, 11) is 0. The minimum atomic E-state index is -0.148. The molecule has 0 spiro atoms. The van der Waals surface area contributed by atoms with Crippen molar-refractivity contribution in [3.63, 3.8) is 0 Å². The van der Waals surface area contributed by atoms with Gasteiger partial charge in [-0.1, -0.05) is 11.3 Å². The molecule has 98 valence electrons. The number of rotatable bonds is 3. The minimum Gasteiger partial charge on any atom is -0.362 e. The Labute approximate surface area is 115 Å². The maximum Gasteiger partial charge on any atom is 0.257 e. The van der Waals surface area contributed by atoms with Crippen LogP contribution in [0.25, 0.3) is 0 Å². The molecule has 1 aliphatic rings. The third kappa shape index (κ3) is 2.73. The van der Waals surface area contributed by atoms with Crippen LogP contribution in [0.15, 0.2) is 30.7 Å². The molecule has 3 rings (SSSR count). The zero-order valence-electron chi connectivity index (χ0n) is 10.4. The van der Waals surface area contributed by atoms with Gasteiger partial charge >= 0.3 is 0 Å². The summed E-state index contributed by atoms with van der Waals surface area (Å²) in [5.41, 5.74) is 0.591. The maximum absolute atomic E-state index is 12.0. The lowest BCUT2D eigenvalue weighted by Gasteiger charge is -2.12. The van der Waals surface area contributed by atoms with Crippen molar-refractivity contribution >= 4 is 27.4 Å². The van der Waals surface area contributed by atoms with Crippen molar-refractivity contribution in [2.24, 2.45) is 0 Å². The Bertz CT molecular complexity index is 563. The normalized spacial score (nSPS) is 14.6. The van der Waals surface area contributed by atoms with E-state index in [1.165, 1.54) is 24.2 Å². The van der Waals surface area contributed by atoms with Crippen molar-refractivity contribution < 1.29 is 4.79 Å². The van der Waals surface area contributed by atoms with Gasteiger partial charge < -0.3 is 4.90 Å². The van der Waals surface area contributed by atoms with Gasteiger partial charge in [0.1, 0.15) is 5.00 Å². The van der Waals surface area contributed by atoms with Crippen LogP contribution in [0.2, 0.25) is 0 Å². The molecule has 19 heavy (non-hydrogen) atoms. The fourth-order valence-electron chi connectivity index (χ4n) is 2.08. The van der Waals surface area contributed by atoms with Crippen molar-refractivity contribution in [3.8, 4) is 0 Å². The molecule has 0 aromatic carbocycles. The molecule has 1 fully saturated rings. The first kappa shape index (κ1) is 12.1. The SMILES string of the molecule is O=C(Nc1ncc(N2CCCC2)s1)c1ccncc1. The molecule has 1 N–H and O–H groups in total. The van der Waals surface area contributed by atoms with Crippen molar-refractivity contribution in [2.45, 2.75) is 12.8 Å². The van der Waals surface area contributed by atoms with Crippen LogP contribution in [0.3, 0.4) is 0 Å². The second kappa shape index (κ2) is 5.36. The number of pyridine rings is 1.